The maximum Gasteiger partial charge on any atom is 0.269 e. The highest BCUT2D eigenvalue weighted by atomic mass is 16.5. The van der Waals surface area contributed by atoms with E-state index in [4.69, 9.17) is 9.47 Å². The number of fused-ring (bicyclic) bond motifs is 1. The number of hydrogen-bond acceptors (Lipinski definition) is 5. The molecule has 1 aliphatic carbocycles. The van der Waals surface area contributed by atoms with Crippen LogP contribution in [0.1, 0.15) is 49.0 Å². The number of nitrogens with one attached hydrogen (secondary N) is 1. The van der Waals surface area contributed by atoms with Crippen molar-refractivity contribution in [2.24, 2.45) is 5.41 Å². The van der Waals surface area contributed by atoms with E-state index in [1.807, 2.05) is 24.3 Å². The number of methoxy groups -OCH3 is 1. The van der Waals surface area contributed by atoms with E-state index in [-0.39, 0.29) is 11.3 Å². The summed E-state index contributed by atoms with van der Waals surface area (Å²) < 4.78 is 11.2. The molecule has 1 saturated heterocycles. The third-order valence-electron chi connectivity index (χ3n) is 6.26. The minimum Gasteiger partial charge on any atom is -0.494 e. The van der Waals surface area contributed by atoms with Gasteiger partial charge in [-0.3, -0.25) is 4.79 Å². The Hall–Kier alpha value is -2.18. The van der Waals surface area contributed by atoms with Gasteiger partial charge in [-0.2, -0.15) is 0 Å². The molecule has 2 aromatic rings. The second kappa shape index (κ2) is 9.75. The lowest BCUT2D eigenvalue weighted by atomic mass is 10.1. The van der Waals surface area contributed by atoms with E-state index in [1.54, 1.807) is 13.2 Å². The third kappa shape index (κ3) is 5.49. The molecule has 0 spiro atoms. The van der Waals surface area contributed by atoms with Gasteiger partial charge in [-0.1, -0.05) is 12.5 Å². The first-order chi connectivity index (χ1) is 14.7. The molecule has 6 heteroatoms. The van der Waals surface area contributed by atoms with Crippen molar-refractivity contribution in [2.75, 3.05) is 46.5 Å². The molecule has 2 heterocycles. The van der Waals surface area contributed by atoms with Gasteiger partial charge in [0.2, 0.25) is 0 Å². The summed E-state index contributed by atoms with van der Waals surface area (Å²) in [5.41, 5.74) is 1.38. The molecule has 0 bridgehead atoms. The van der Waals surface area contributed by atoms with E-state index < -0.39 is 0 Å². The van der Waals surface area contributed by atoms with Crippen LogP contribution in [-0.4, -0.2) is 62.3 Å². The van der Waals surface area contributed by atoms with Gasteiger partial charge in [-0.25, -0.2) is 4.98 Å². The van der Waals surface area contributed by atoms with Crippen LogP contribution in [0.25, 0.3) is 10.9 Å². The van der Waals surface area contributed by atoms with E-state index in [0.717, 1.165) is 49.1 Å². The fourth-order valence-corrected chi connectivity index (χ4v) is 4.19. The molecular weight excluding hydrogens is 378 g/mol. The number of nitrogens with zero attached hydrogens (tertiary/aromatic N) is 2. The van der Waals surface area contributed by atoms with Crippen LogP contribution >= 0.6 is 0 Å². The van der Waals surface area contributed by atoms with Crippen LogP contribution in [0.3, 0.4) is 0 Å². The third-order valence-corrected chi connectivity index (χ3v) is 6.26. The van der Waals surface area contributed by atoms with Crippen molar-refractivity contribution >= 4 is 16.8 Å². The smallest absolute Gasteiger partial charge is 0.269 e. The number of rotatable bonds is 10. The molecule has 1 saturated carbocycles. The lowest BCUT2D eigenvalue weighted by Gasteiger charge is -2.26. The highest BCUT2D eigenvalue weighted by Crippen LogP contribution is 2.45. The van der Waals surface area contributed by atoms with E-state index in [9.17, 15) is 4.79 Å². The van der Waals surface area contributed by atoms with Crippen molar-refractivity contribution < 1.29 is 14.3 Å². The molecule has 2 aliphatic rings. The molecule has 162 valence electrons. The number of ether oxygens (including phenoxy) is 2. The van der Waals surface area contributed by atoms with Crippen molar-refractivity contribution in [1.29, 1.82) is 0 Å². The van der Waals surface area contributed by atoms with Gasteiger partial charge in [-0.05, 0) is 69.5 Å². The van der Waals surface area contributed by atoms with Gasteiger partial charge >= 0.3 is 0 Å². The van der Waals surface area contributed by atoms with E-state index in [1.165, 1.54) is 32.4 Å². The lowest BCUT2D eigenvalue weighted by Crippen LogP contribution is -2.32. The monoisotopic (exact) mass is 411 g/mol. The van der Waals surface area contributed by atoms with Crippen LogP contribution < -0.4 is 10.1 Å². The summed E-state index contributed by atoms with van der Waals surface area (Å²) in [5, 5.41) is 4.00. The molecule has 1 aliphatic heterocycles. The first kappa shape index (κ1) is 21.1. The average Bonchev–Trinajstić information content (AvgIpc) is 3.55. The van der Waals surface area contributed by atoms with E-state index in [2.05, 4.69) is 15.2 Å². The summed E-state index contributed by atoms with van der Waals surface area (Å²) in [6, 6.07) is 9.60. The zero-order valence-electron chi connectivity index (χ0n) is 18.0. The van der Waals surface area contributed by atoms with Crippen molar-refractivity contribution in [3.63, 3.8) is 0 Å². The largest absolute Gasteiger partial charge is 0.494 e. The molecule has 1 amide bonds. The van der Waals surface area contributed by atoms with Crippen LogP contribution in [-0.2, 0) is 4.74 Å². The van der Waals surface area contributed by atoms with Crippen molar-refractivity contribution in [3.8, 4) is 5.75 Å². The van der Waals surface area contributed by atoms with Crippen molar-refractivity contribution in [2.45, 2.75) is 38.5 Å². The zero-order chi connectivity index (χ0) is 20.8. The number of piperidine rings is 1. The Bertz CT molecular complexity index is 860. The molecule has 6 nitrogen and oxygen atoms in total. The summed E-state index contributed by atoms with van der Waals surface area (Å²) in [6.07, 6.45) is 7.27. The van der Waals surface area contributed by atoms with Gasteiger partial charge in [0, 0.05) is 31.0 Å². The Morgan fingerprint density at radius 3 is 2.77 bits per heavy atom. The molecule has 0 atom stereocenters. The number of benzene rings is 1. The van der Waals surface area contributed by atoms with E-state index in [0.29, 0.717) is 18.8 Å². The fourth-order valence-electron chi connectivity index (χ4n) is 4.19. The standard InChI is InChI=1S/C24H33N3O3/c1-29-18-24(10-11-24)17-25-23(28)22-8-6-19-16-20(7-9-21(19)26-22)30-15-5-14-27-12-3-2-4-13-27/h6-9,16H,2-5,10-15,17-18H2,1H3,(H,25,28). The van der Waals surface area contributed by atoms with Gasteiger partial charge < -0.3 is 19.7 Å². The first-order valence-electron chi connectivity index (χ1n) is 11.2. The topological polar surface area (TPSA) is 63.7 Å². The number of carbonyl (C=O) groups is 1. The predicted molar refractivity (Wildman–Crippen MR) is 118 cm³/mol. The quantitative estimate of drug-likeness (QED) is 0.605. The number of amides is 1. The van der Waals surface area contributed by atoms with Gasteiger partial charge in [0.15, 0.2) is 0 Å². The lowest BCUT2D eigenvalue weighted by molar-refractivity contribution is 0.0915. The molecule has 1 N–H and O–H groups in total. The Kier molecular flexibility index (Phi) is 6.85. The van der Waals surface area contributed by atoms with Crippen LogP contribution in [0.2, 0.25) is 0 Å². The second-order valence-corrected chi connectivity index (χ2v) is 8.77. The summed E-state index contributed by atoms with van der Waals surface area (Å²) in [7, 11) is 1.71. The molecule has 4 rings (SSSR count). The van der Waals surface area contributed by atoms with Gasteiger partial charge in [0.1, 0.15) is 11.4 Å². The summed E-state index contributed by atoms with van der Waals surface area (Å²) >= 11 is 0. The molecule has 1 aromatic carbocycles. The molecule has 30 heavy (non-hydrogen) atoms. The highest BCUT2D eigenvalue weighted by molar-refractivity contribution is 5.95. The minimum atomic E-state index is -0.127. The van der Waals surface area contributed by atoms with Crippen LogP contribution in [0, 0.1) is 5.41 Å². The first-order valence-corrected chi connectivity index (χ1v) is 11.2. The number of likely N-dealkylation sites (tertiary alicyclic amines) is 1. The fraction of sp³-hybridized carbons (Fsp3) is 0.583. The Morgan fingerprint density at radius 2 is 2.00 bits per heavy atom. The number of pyridine rings is 1. The minimum absolute atomic E-state index is 0.126. The number of aromatic nitrogens is 1. The SMILES string of the molecule is COCC1(CNC(=O)c2ccc3cc(OCCCN4CCCCC4)ccc3n2)CC1. The number of hydrogen-bond donors (Lipinski definition) is 1. The highest BCUT2D eigenvalue weighted by Gasteiger charge is 2.42. The van der Waals surface area contributed by atoms with E-state index >= 15 is 0 Å². The molecule has 0 unspecified atom stereocenters. The summed E-state index contributed by atoms with van der Waals surface area (Å²) in [4.78, 5) is 19.6. The molecule has 1 aromatic heterocycles. The van der Waals surface area contributed by atoms with Crippen LogP contribution in [0.15, 0.2) is 30.3 Å². The summed E-state index contributed by atoms with van der Waals surface area (Å²) in [5.74, 6) is 0.729. The summed E-state index contributed by atoms with van der Waals surface area (Å²) in [6.45, 7) is 5.62. The maximum absolute atomic E-state index is 12.5. The van der Waals surface area contributed by atoms with Crippen molar-refractivity contribution in [1.82, 2.24) is 15.2 Å². The van der Waals surface area contributed by atoms with Crippen LogP contribution in [0.4, 0.5) is 0 Å². The zero-order valence-corrected chi connectivity index (χ0v) is 18.0. The van der Waals surface area contributed by atoms with Gasteiger partial charge in [0.05, 0.1) is 18.7 Å². The predicted octanol–water partition coefficient (Wildman–Crippen LogP) is 3.65. The van der Waals surface area contributed by atoms with Gasteiger partial charge in [-0.15, -0.1) is 0 Å². The Morgan fingerprint density at radius 1 is 1.17 bits per heavy atom. The molecular formula is C24H33N3O3. The van der Waals surface area contributed by atoms with Gasteiger partial charge in [0.25, 0.3) is 5.91 Å². The average molecular weight is 412 g/mol. The molecule has 0 radical (unpaired) electrons. The Balaban J connectivity index is 1.28. The Labute approximate surface area is 178 Å². The second-order valence-electron chi connectivity index (χ2n) is 8.77. The molecule has 2 fully saturated rings. The normalized spacial score (nSPS) is 18.3. The van der Waals surface area contributed by atoms with Crippen molar-refractivity contribution in [3.05, 3.63) is 36.0 Å². The maximum atomic E-state index is 12.5. The number of carbonyl (C=O) groups excluding carboxylic acids is 1. The van der Waals surface area contributed by atoms with Crippen LogP contribution in [0.5, 0.6) is 5.75 Å².